The minimum absolute atomic E-state index is 0.133. The van der Waals surface area contributed by atoms with Crippen LogP contribution in [-0.4, -0.2) is 25.7 Å². The first-order valence-electron chi connectivity index (χ1n) is 9.49. The van der Waals surface area contributed by atoms with E-state index >= 15 is 0 Å². The maximum absolute atomic E-state index is 12.1. The maximum Gasteiger partial charge on any atom is 0.336 e. The van der Waals surface area contributed by atoms with Crippen molar-refractivity contribution in [3.63, 3.8) is 0 Å². The molecule has 0 saturated heterocycles. The highest BCUT2D eigenvalue weighted by atomic mass is 16.5. The summed E-state index contributed by atoms with van der Waals surface area (Å²) in [6.45, 7) is 8.29. The molecular formula is C23H25NO5. The predicted octanol–water partition coefficient (Wildman–Crippen LogP) is 3.60. The van der Waals surface area contributed by atoms with E-state index in [4.69, 9.17) is 13.9 Å². The number of hydrogen-bond acceptors (Lipinski definition) is 5. The molecule has 0 spiro atoms. The zero-order valence-electron chi connectivity index (χ0n) is 17.1. The number of carbonyl (C=O) groups is 1. The van der Waals surface area contributed by atoms with Crippen molar-refractivity contribution in [2.75, 3.05) is 19.8 Å². The Bertz CT molecular complexity index is 1100. The molecule has 6 heteroatoms. The van der Waals surface area contributed by atoms with Crippen LogP contribution in [0, 0.1) is 27.7 Å². The van der Waals surface area contributed by atoms with Gasteiger partial charge in [0.05, 0.1) is 6.54 Å². The molecule has 0 aliphatic rings. The number of rotatable bonds is 7. The van der Waals surface area contributed by atoms with Crippen molar-refractivity contribution in [1.29, 1.82) is 0 Å². The van der Waals surface area contributed by atoms with Gasteiger partial charge in [0.25, 0.3) is 5.91 Å². The number of benzene rings is 2. The van der Waals surface area contributed by atoms with E-state index in [2.05, 4.69) is 11.4 Å². The molecule has 0 fully saturated rings. The fourth-order valence-corrected chi connectivity index (χ4v) is 3.16. The molecule has 29 heavy (non-hydrogen) atoms. The molecule has 6 nitrogen and oxygen atoms in total. The molecule has 0 radical (unpaired) electrons. The predicted molar refractivity (Wildman–Crippen MR) is 112 cm³/mol. The van der Waals surface area contributed by atoms with Crippen molar-refractivity contribution >= 4 is 16.9 Å². The maximum atomic E-state index is 12.1. The summed E-state index contributed by atoms with van der Waals surface area (Å²) in [6.07, 6.45) is 0. The summed E-state index contributed by atoms with van der Waals surface area (Å²) in [5.41, 5.74) is 3.85. The number of hydrogen-bond donors (Lipinski definition) is 1. The average Bonchev–Trinajstić information content (AvgIpc) is 2.66. The molecule has 0 aliphatic carbocycles. The molecule has 0 bridgehead atoms. The van der Waals surface area contributed by atoms with Gasteiger partial charge in [0, 0.05) is 17.0 Å². The lowest BCUT2D eigenvalue weighted by molar-refractivity contribution is -0.123. The van der Waals surface area contributed by atoms with Gasteiger partial charge < -0.3 is 19.2 Å². The van der Waals surface area contributed by atoms with Crippen LogP contribution in [0.5, 0.6) is 11.5 Å². The van der Waals surface area contributed by atoms with Crippen LogP contribution >= 0.6 is 0 Å². The van der Waals surface area contributed by atoms with Crippen LogP contribution in [0.2, 0.25) is 0 Å². The molecule has 0 unspecified atom stereocenters. The lowest BCUT2D eigenvalue weighted by Gasteiger charge is -2.12. The van der Waals surface area contributed by atoms with Crippen LogP contribution in [0.15, 0.2) is 45.6 Å². The Hall–Kier alpha value is -3.28. The highest BCUT2D eigenvalue weighted by Crippen LogP contribution is 2.28. The molecule has 3 rings (SSSR count). The zero-order chi connectivity index (χ0) is 21.0. The molecule has 152 valence electrons. The largest absolute Gasteiger partial charge is 0.491 e. The van der Waals surface area contributed by atoms with Gasteiger partial charge in [-0.05, 0) is 57.0 Å². The monoisotopic (exact) mass is 395 g/mol. The van der Waals surface area contributed by atoms with E-state index in [0.29, 0.717) is 30.0 Å². The molecule has 0 aliphatic heterocycles. The molecule has 0 atom stereocenters. The Morgan fingerprint density at radius 1 is 0.966 bits per heavy atom. The molecule has 1 heterocycles. The molecule has 1 aromatic heterocycles. The summed E-state index contributed by atoms with van der Waals surface area (Å²) in [5, 5.41) is 3.62. The van der Waals surface area contributed by atoms with Crippen molar-refractivity contribution in [2.45, 2.75) is 27.7 Å². The topological polar surface area (TPSA) is 77.8 Å². The van der Waals surface area contributed by atoms with E-state index < -0.39 is 5.63 Å². The van der Waals surface area contributed by atoms with Gasteiger partial charge >= 0.3 is 5.63 Å². The number of aryl methyl sites for hydroxylation is 4. The van der Waals surface area contributed by atoms with E-state index in [1.165, 1.54) is 11.6 Å². The molecule has 1 N–H and O–H groups in total. The smallest absolute Gasteiger partial charge is 0.336 e. The van der Waals surface area contributed by atoms with Gasteiger partial charge in [0.15, 0.2) is 6.61 Å². The summed E-state index contributed by atoms with van der Waals surface area (Å²) < 4.78 is 16.6. The first kappa shape index (κ1) is 20.5. The minimum atomic E-state index is -0.406. The summed E-state index contributed by atoms with van der Waals surface area (Å²) in [6, 6.07) is 11.0. The van der Waals surface area contributed by atoms with E-state index in [1.54, 1.807) is 13.0 Å². The van der Waals surface area contributed by atoms with E-state index in [9.17, 15) is 9.59 Å². The SMILES string of the molecule is Cc1ccc(OCCNC(=O)COc2ccc3c(C)cc(=O)oc3c2C)c(C)c1. The second-order valence-corrected chi connectivity index (χ2v) is 7.07. The van der Waals surface area contributed by atoms with Gasteiger partial charge in [-0.1, -0.05) is 17.7 Å². The normalized spacial score (nSPS) is 10.8. The molecule has 3 aromatic rings. The number of nitrogens with one attached hydrogen (secondary N) is 1. The quantitative estimate of drug-likeness (QED) is 0.489. The lowest BCUT2D eigenvalue weighted by Crippen LogP contribution is -2.32. The summed E-state index contributed by atoms with van der Waals surface area (Å²) in [7, 11) is 0. The van der Waals surface area contributed by atoms with Gasteiger partial charge in [0.2, 0.25) is 0 Å². The van der Waals surface area contributed by atoms with E-state index in [0.717, 1.165) is 22.3 Å². The third-order valence-electron chi connectivity index (χ3n) is 4.69. The summed E-state index contributed by atoms with van der Waals surface area (Å²) in [5.74, 6) is 1.07. The van der Waals surface area contributed by atoms with Crippen molar-refractivity contribution in [3.05, 3.63) is 69.1 Å². The first-order chi connectivity index (χ1) is 13.8. The Morgan fingerprint density at radius 2 is 1.72 bits per heavy atom. The van der Waals surface area contributed by atoms with Crippen molar-refractivity contribution in [3.8, 4) is 11.5 Å². The van der Waals surface area contributed by atoms with Crippen LogP contribution in [0.3, 0.4) is 0 Å². The van der Waals surface area contributed by atoms with Gasteiger partial charge in [-0.15, -0.1) is 0 Å². The number of fused-ring (bicyclic) bond motifs is 1. The third-order valence-corrected chi connectivity index (χ3v) is 4.69. The van der Waals surface area contributed by atoms with Crippen LogP contribution in [0.1, 0.15) is 22.3 Å². The molecule has 1 amide bonds. The molecule has 0 saturated carbocycles. The van der Waals surface area contributed by atoms with Gasteiger partial charge in [-0.25, -0.2) is 4.79 Å². The summed E-state index contributed by atoms with van der Waals surface area (Å²) >= 11 is 0. The van der Waals surface area contributed by atoms with Crippen LogP contribution in [-0.2, 0) is 4.79 Å². The van der Waals surface area contributed by atoms with Gasteiger partial charge in [0.1, 0.15) is 23.7 Å². The average molecular weight is 395 g/mol. The van der Waals surface area contributed by atoms with Crippen molar-refractivity contribution in [1.82, 2.24) is 5.32 Å². The van der Waals surface area contributed by atoms with E-state index in [1.807, 2.05) is 39.0 Å². The highest BCUT2D eigenvalue weighted by Gasteiger charge is 2.11. The number of carbonyl (C=O) groups excluding carboxylic acids is 1. The fourth-order valence-electron chi connectivity index (χ4n) is 3.16. The van der Waals surface area contributed by atoms with Gasteiger partial charge in [-0.3, -0.25) is 4.79 Å². The second kappa shape index (κ2) is 8.82. The Labute approximate surface area is 169 Å². The fraction of sp³-hybridized carbons (Fsp3) is 0.304. The second-order valence-electron chi connectivity index (χ2n) is 7.07. The standard InChI is InChI=1S/C23H25NO5/c1-14-5-7-19(16(3)11-14)27-10-9-24-21(25)13-28-20-8-6-18-15(2)12-22(26)29-23(18)17(20)4/h5-8,11-12H,9-10,13H2,1-4H3,(H,24,25). The van der Waals surface area contributed by atoms with Gasteiger partial charge in [-0.2, -0.15) is 0 Å². The first-order valence-corrected chi connectivity index (χ1v) is 9.49. The molecular weight excluding hydrogens is 370 g/mol. The summed E-state index contributed by atoms with van der Waals surface area (Å²) in [4.78, 5) is 23.7. The van der Waals surface area contributed by atoms with Crippen molar-refractivity contribution < 1.29 is 18.7 Å². The zero-order valence-corrected chi connectivity index (χ0v) is 17.1. The Balaban J connectivity index is 1.51. The Morgan fingerprint density at radius 3 is 2.48 bits per heavy atom. The number of amides is 1. The van der Waals surface area contributed by atoms with Crippen LogP contribution in [0.25, 0.3) is 11.0 Å². The lowest BCUT2D eigenvalue weighted by atomic mass is 10.1. The van der Waals surface area contributed by atoms with Crippen molar-refractivity contribution in [2.24, 2.45) is 0 Å². The highest BCUT2D eigenvalue weighted by molar-refractivity contribution is 5.85. The Kier molecular flexibility index (Phi) is 6.22. The minimum Gasteiger partial charge on any atom is -0.491 e. The number of ether oxygens (including phenoxy) is 2. The van der Waals surface area contributed by atoms with Crippen LogP contribution in [0.4, 0.5) is 0 Å². The third kappa shape index (κ3) is 4.96. The van der Waals surface area contributed by atoms with E-state index in [-0.39, 0.29) is 12.5 Å². The molecule has 2 aromatic carbocycles. The van der Waals surface area contributed by atoms with Crippen LogP contribution < -0.4 is 20.4 Å².